The molecule has 0 aliphatic carbocycles. The second-order valence-corrected chi connectivity index (χ2v) is 6.56. The van der Waals surface area contributed by atoms with Gasteiger partial charge >= 0.3 is 0 Å². The van der Waals surface area contributed by atoms with E-state index in [-0.39, 0.29) is 5.91 Å². The van der Waals surface area contributed by atoms with Crippen LogP contribution in [0.3, 0.4) is 0 Å². The van der Waals surface area contributed by atoms with Crippen LogP contribution in [0.5, 0.6) is 5.75 Å². The van der Waals surface area contributed by atoms with Gasteiger partial charge in [0.1, 0.15) is 5.75 Å². The van der Waals surface area contributed by atoms with Gasteiger partial charge in [-0.2, -0.15) is 0 Å². The van der Waals surface area contributed by atoms with Crippen molar-refractivity contribution in [3.8, 4) is 5.75 Å². The molecule has 1 heterocycles. The van der Waals surface area contributed by atoms with Crippen molar-refractivity contribution in [3.05, 3.63) is 64.0 Å². The molecule has 2 aromatic rings. The van der Waals surface area contributed by atoms with Gasteiger partial charge in [0.2, 0.25) is 0 Å². The first-order valence-electron chi connectivity index (χ1n) is 7.23. The Labute approximate surface area is 149 Å². The second-order valence-electron chi connectivity index (χ2n) is 5.12. The molecule has 0 radical (unpaired) electrons. The van der Waals surface area contributed by atoms with Gasteiger partial charge in [0, 0.05) is 12.1 Å². The average molecular weight is 359 g/mol. The Morgan fingerprint density at radius 1 is 1.12 bits per heavy atom. The molecule has 1 aliphatic rings. The number of thioether (sulfide) groups is 1. The first-order chi connectivity index (χ1) is 11.6. The molecule has 0 N–H and O–H groups in total. The van der Waals surface area contributed by atoms with Crippen LogP contribution >= 0.6 is 23.4 Å². The van der Waals surface area contributed by atoms with Crippen LogP contribution in [-0.2, 0) is 4.79 Å². The van der Waals surface area contributed by atoms with Crippen molar-refractivity contribution in [1.82, 2.24) is 4.90 Å². The Morgan fingerprint density at radius 2 is 1.79 bits per heavy atom. The fourth-order valence-corrected chi connectivity index (χ4v) is 3.24. The summed E-state index contributed by atoms with van der Waals surface area (Å²) in [7, 11) is 3.34. The van der Waals surface area contributed by atoms with E-state index in [1.165, 1.54) is 11.8 Å². The van der Waals surface area contributed by atoms with Gasteiger partial charge in [-0.3, -0.25) is 9.69 Å². The summed E-state index contributed by atoms with van der Waals surface area (Å²) in [5.41, 5.74) is 1.69. The van der Waals surface area contributed by atoms with Crippen molar-refractivity contribution in [2.45, 2.75) is 0 Å². The molecule has 0 bridgehead atoms. The Hall–Kier alpha value is -2.24. The average Bonchev–Trinajstić information content (AvgIpc) is 2.86. The van der Waals surface area contributed by atoms with Crippen LogP contribution in [0.15, 0.2) is 58.4 Å². The molecule has 24 heavy (non-hydrogen) atoms. The molecule has 1 saturated heterocycles. The van der Waals surface area contributed by atoms with Crippen LogP contribution in [0.1, 0.15) is 5.56 Å². The molecule has 1 fully saturated rings. The number of hydrogen-bond acceptors (Lipinski definition) is 4. The normalized spacial score (nSPS) is 17.8. The maximum Gasteiger partial charge on any atom is 0.266 e. The number of rotatable bonds is 3. The molecule has 3 rings (SSSR count). The van der Waals surface area contributed by atoms with Crippen molar-refractivity contribution in [2.24, 2.45) is 4.99 Å². The van der Waals surface area contributed by atoms with Gasteiger partial charge in [-0.25, -0.2) is 4.99 Å². The van der Waals surface area contributed by atoms with E-state index in [0.29, 0.717) is 15.1 Å². The van der Waals surface area contributed by atoms with E-state index >= 15 is 0 Å². The molecule has 1 amide bonds. The van der Waals surface area contributed by atoms with Crippen molar-refractivity contribution < 1.29 is 9.53 Å². The minimum atomic E-state index is -0.0662. The second kappa shape index (κ2) is 7.11. The first-order valence-corrected chi connectivity index (χ1v) is 8.42. The van der Waals surface area contributed by atoms with E-state index in [2.05, 4.69) is 4.99 Å². The number of aliphatic imine (C=N–C) groups is 1. The van der Waals surface area contributed by atoms with Gasteiger partial charge in [-0.05, 0) is 59.8 Å². The molecule has 1 aliphatic heterocycles. The maximum atomic E-state index is 12.4. The number of ether oxygens (including phenoxy) is 1. The lowest BCUT2D eigenvalue weighted by Gasteiger charge is -2.07. The molecular weight excluding hydrogens is 344 g/mol. The van der Waals surface area contributed by atoms with E-state index < -0.39 is 0 Å². The minimum absolute atomic E-state index is 0.0662. The molecule has 4 nitrogen and oxygen atoms in total. The molecule has 122 valence electrons. The Morgan fingerprint density at radius 3 is 2.42 bits per heavy atom. The third kappa shape index (κ3) is 3.63. The van der Waals surface area contributed by atoms with E-state index in [1.807, 2.05) is 42.5 Å². The van der Waals surface area contributed by atoms with Crippen molar-refractivity contribution in [2.75, 3.05) is 14.2 Å². The predicted molar refractivity (Wildman–Crippen MR) is 99.9 cm³/mol. The van der Waals surface area contributed by atoms with Gasteiger partial charge in [0.15, 0.2) is 5.17 Å². The summed E-state index contributed by atoms with van der Waals surface area (Å²) in [6.07, 6.45) is 1.85. The van der Waals surface area contributed by atoms with Crippen LogP contribution in [0, 0.1) is 0 Å². The molecule has 0 atom stereocenters. The standard InChI is InChI=1S/C18H15ClN2O2S/c1-21-17(22)16(11-12-3-9-15(23-2)10-4-12)24-18(21)20-14-7-5-13(19)6-8-14/h3-11H,1-2H3/b16-11+,20-18?. The number of likely N-dealkylation sites (N-methyl/N-ethyl adjacent to an activating group) is 1. The lowest BCUT2D eigenvalue weighted by molar-refractivity contribution is -0.121. The van der Waals surface area contributed by atoms with Crippen LogP contribution in [0.4, 0.5) is 5.69 Å². The number of hydrogen-bond donors (Lipinski definition) is 0. The minimum Gasteiger partial charge on any atom is -0.497 e. The first kappa shape index (κ1) is 16.6. The maximum absolute atomic E-state index is 12.4. The molecule has 0 aromatic heterocycles. The Balaban J connectivity index is 1.85. The zero-order valence-electron chi connectivity index (χ0n) is 13.2. The van der Waals surface area contributed by atoms with Gasteiger partial charge < -0.3 is 4.74 Å². The fraction of sp³-hybridized carbons (Fsp3) is 0.111. The molecular formula is C18H15ClN2O2S. The fourth-order valence-electron chi connectivity index (χ4n) is 2.13. The highest BCUT2D eigenvalue weighted by atomic mass is 35.5. The number of carbonyl (C=O) groups is 1. The summed E-state index contributed by atoms with van der Waals surface area (Å²) < 4.78 is 5.14. The SMILES string of the molecule is COc1ccc(/C=C2/SC(=Nc3ccc(Cl)cc3)N(C)C2=O)cc1. The molecule has 0 unspecified atom stereocenters. The summed E-state index contributed by atoms with van der Waals surface area (Å²) in [5, 5.41) is 1.30. The number of amidine groups is 1. The Kier molecular flexibility index (Phi) is 4.92. The van der Waals surface area contributed by atoms with Crippen LogP contribution in [0.25, 0.3) is 6.08 Å². The number of nitrogens with zero attached hydrogens (tertiary/aromatic N) is 2. The third-order valence-electron chi connectivity index (χ3n) is 3.47. The summed E-state index contributed by atoms with van der Waals surface area (Å²) in [6.45, 7) is 0. The van der Waals surface area contributed by atoms with Gasteiger partial charge in [0.25, 0.3) is 5.91 Å². The zero-order valence-corrected chi connectivity index (χ0v) is 14.8. The predicted octanol–water partition coefficient (Wildman–Crippen LogP) is 4.58. The highest BCUT2D eigenvalue weighted by Gasteiger charge is 2.30. The highest BCUT2D eigenvalue weighted by molar-refractivity contribution is 8.18. The van der Waals surface area contributed by atoms with Gasteiger partial charge in [-0.1, -0.05) is 23.7 Å². The van der Waals surface area contributed by atoms with Crippen LogP contribution in [0.2, 0.25) is 5.02 Å². The van der Waals surface area contributed by atoms with E-state index in [0.717, 1.165) is 17.0 Å². The number of benzene rings is 2. The number of methoxy groups -OCH3 is 1. The molecule has 6 heteroatoms. The summed E-state index contributed by atoms with van der Waals surface area (Å²) in [4.78, 5) is 19.1. The number of halogens is 1. The zero-order chi connectivity index (χ0) is 17.1. The third-order valence-corrected chi connectivity index (χ3v) is 4.78. The van der Waals surface area contributed by atoms with Crippen molar-refractivity contribution in [3.63, 3.8) is 0 Å². The van der Waals surface area contributed by atoms with Crippen LogP contribution in [-0.4, -0.2) is 30.1 Å². The molecule has 0 saturated carbocycles. The summed E-state index contributed by atoms with van der Waals surface area (Å²) in [5.74, 6) is 0.716. The van der Waals surface area contributed by atoms with Gasteiger partial charge in [0.05, 0.1) is 17.7 Å². The van der Waals surface area contributed by atoms with E-state index in [9.17, 15) is 4.79 Å². The summed E-state index contributed by atoms with van der Waals surface area (Å²) in [6, 6.07) is 14.7. The lowest BCUT2D eigenvalue weighted by atomic mass is 10.2. The number of amides is 1. The van der Waals surface area contributed by atoms with Crippen molar-refractivity contribution >= 4 is 46.2 Å². The quantitative estimate of drug-likeness (QED) is 0.754. The molecule has 2 aromatic carbocycles. The lowest BCUT2D eigenvalue weighted by Crippen LogP contribution is -2.23. The van der Waals surface area contributed by atoms with Crippen LogP contribution < -0.4 is 4.74 Å². The van der Waals surface area contributed by atoms with Crippen molar-refractivity contribution in [1.29, 1.82) is 0 Å². The van der Waals surface area contributed by atoms with E-state index in [1.54, 1.807) is 31.2 Å². The molecule has 0 spiro atoms. The topological polar surface area (TPSA) is 41.9 Å². The number of carbonyl (C=O) groups excluding carboxylic acids is 1. The highest BCUT2D eigenvalue weighted by Crippen LogP contribution is 2.33. The van der Waals surface area contributed by atoms with E-state index in [4.69, 9.17) is 16.3 Å². The monoisotopic (exact) mass is 358 g/mol. The largest absolute Gasteiger partial charge is 0.497 e. The van der Waals surface area contributed by atoms with Gasteiger partial charge in [-0.15, -0.1) is 0 Å². The Bertz CT molecular complexity index is 814. The summed E-state index contributed by atoms with van der Waals surface area (Å²) >= 11 is 7.23. The smallest absolute Gasteiger partial charge is 0.266 e.